The number of halogens is 2. The van der Waals surface area contributed by atoms with Gasteiger partial charge in [0.15, 0.2) is 0 Å². The number of piperazine rings is 1. The summed E-state index contributed by atoms with van der Waals surface area (Å²) in [6.45, 7) is 4.92. The van der Waals surface area contributed by atoms with Gasteiger partial charge in [0.2, 0.25) is 5.79 Å². The summed E-state index contributed by atoms with van der Waals surface area (Å²) in [7, 11) is 1.69. The number of nitrogens with zero attached hydrogens (tertiary/aromatic N) is 4. The largest absolute Gasteiger partial charge is 0.497 e. The van der Waals surface area contributed by atoms with E-state index in [-0.39, 0.29) is 18.7 Å². The smallest absolute Gasteiger partial charge is 0.217 e. The molecule has 3 aromatic carbocycles. The van der Waals surface area contributed by atoms with Gasteiger partial charge < -0.3 is 24.3 Å². The lowest BCUT2D eigenvalue weighted by atomic mass is 9.96. The number of methoxy groups -OCH3 is 1. The van der Waals surface area contributed by atoms with E-state index in [1.54, 1.807) is 30.3 Å². The molecule has 43 heavy (non-hydrogen) atoms. The van der Waals surface area contributed by atoms with E-state index in [4.69, 9.17) is 42.1 Å². The summed E-state index contributed by atoms with van der Waals surface area (Å²) < 4.78 is 26.0. The van der Waals surface area contributed by atoms with Crippen LogP contribution in [0.2, 0.25) is 10.0 Å². The fourth-order valence-electron chi connectivity index (χ4n) is 5.69. The van der Waals surface area contributed by atoms with Crippen molar-refractivity contribution in [3.63, 3.8) is 0 Å². The molecule has 1 aromatic heterocycles. The predicted octanol–water partition coefficient (Wildman–Crippen LogP) is 5.13. The van der Waals surface area contributed by atoms with Crippen molar-refractivity contribution in [2.45, 2.75) is 30.9 Å². The summed E-state index contributed by atoms with van der Waals surface area (Å²) in [6.07, 6.45) is 3.68. The van der Waals surface area contributed by atoms with Gasteiger partial charge in [-0.15, -0.1) is 0 Å². The van der Waals surface area contributed by atoms with Crippen molar-refractivity contribution in [1.29, 1.82) is 0 Å². The van der Waals surface area contributed by atoms with E-state index in [1.165, 1.54) is 17.5 Å². The third-order valence-electron chi connectivity index (χ3n) is 7.92. The lowest BCUT2D eigenvalue weighted by Crippen LogP contribution is -2.45. The average molecular weight is 625 g/mol. The van der Waals surface area contributed by atoms with E-state index < -0.39 is 5.79 Å². The van der Waals surface area contributed by atoms with Gasteiger partial charge in [-0.1, -0.05) is 53.5 Å². The Kier molecular flexibility index (Phi) is 9.47. The number of hydrogen-bond acceptors (Lipinski definition) is 8. The second-order valence-electron chi connectivity index (χ2n) is 10.8. The maximum absolute atomic E-state index is 6.59. The van der Waals surface area contributed by atoms with Crippen LogP contribution in [-0.2, 0) is 28.2 Å². The van der Waals surface area contributed by atoms with Crippen LogP contribution in [0.5, 0.6) is 11.5 Å². The van der Waals surface area contributed by atoms with Gasteiger partial charge in [-0.2, -0.15) is 5.10 Å². The molecule has 0 amide bonds. The standard InChI is InChI=1S/C32H35Cl2N5O4/c1-40-26-7-2-23(3-8-26)16-31(38-14-12-35-13-15-38)24-4-9-27(10-5-24)41-18-28-19-42-32(43-28,20-39-22-36-21-37-39)29-11-6-25(33)17-30(29)34/h2-11,17,21-22,28,31,35H,12-16,18-20H2,1H3. The first-order valence-electron chi connectivity index (χ1n) is 14.4. The van der Waals surface area contributed by atoms with Gasteiger partial charge >= 0.3 is 0 Å². The topological polar surface area (TPSA) is 82.9 Å². The van der Waals surface area contributed by atoms with Crippen molar-refractivity contribution in [3.8, 4) is 11.5 Å². The first-order valence-corrected chi connectivity index (χ1v) is 15.2. The zero-order valence-corrected chi connectivity index (χ0v) is 25.5. The number of benzene rings is 3. The van der Waals surface area contributed by atoms with Crippen molar-refractivity contribution in [2.75, 3.05) is 46.5 Å². The molecular weight excluding hydrogens is 589 g/mol. The van der Waals surface area contributed by atoms with Crippen LogP contribution in [-0.4, -0.2) is 72.3 Å². The molecule has 2 saturated heterocycles. The SMILES string of the molecule is COc1ccc(CC(c2ccc(OCC3COC(Cn4cncn4)(c4ccc(Cl)cc4Cl)O3)cc2)N2CCNCC2)cc1. The highest BCUT2D eigenvalue weighted by molar-refractivity contribution is 6.35. The highest BCUT2D eigenvalue weighted by atomic mass is 35.5. The predicted molar refractivity (Wildman–Crippen MR) is 165 cm³/mol. The van der Waals surface area contributed by atoms with Crippen LogP contribution < -0.4 is 14.8 Å². The second-order valence-corrected chi connectivity index (χ2v) is 11.6. The van der Waals surface area contributed by atoms with Crippen LogP contribution >= 0.6 is 23.2 Å². The van der Waals surface area contributed by atoms with Crippen LogP contribution in [0.1, 0.15) is 22.7 Å². The maximum Gasteiger partial charge on any atom is 0.217 e. The van der Waals surface area contributed by atoms with E-state index >= 15 is 0 Å². The minimum absolute atomic E-state index is 0.262. The summed E-state index contributed by atoms with van der Waals surface area (Å²) in [5, 5.41) is 8.70. The number of aromatic nitrogens is 3. The number of hydrogen-bond donors (Lipinski definition) is 1. The van der Waals surface area contributed by atoms with E-state index in [9.17, 15) is 0 Å². The highest BCUT2D eigenvalue weighted by Crippen LogP contribution is 2.40. The Labute approximate surface area is 261 Å². The minimum atomic E-state index is -1.15. The Bertz CT molecular complexity index is 1470. The molecule has 2 fully saturated rings. The molecular formula is C32H35Cl2N5O4. The molecule has 0 radical (unpaired) electrons. The molecule has 1 N–H and O–H groups in total. The minimum Gasteiger partial charge on any atom is -0.497 e. The Morgan fingerprint density at radius 2 is 1.79 bits per heavy atom. The summed E-state index contributed by atoms with van der Waals surface area (Å²) in [4.78, 5) is 6.60. The summed E-state index contributed by atoms with van der Waals surface area (Å²) in [6, 6.07) is 22.3. The first-order chi connectivity index (χ1) is 21.0. The quantitative estimate of drug-likeness (QED) is 0.246. The van der Waals surface area contributed by atoms with Crippen molar-refractivity contribution < 1.29 is 18.9 Å². The van der Waals surface area contributed by atoms with E-state index in [1.807, 2.05) is 30.3 Å². The van der Waals surface area contributed by atoms with Crippen LogP contribution in [0.3, 0.4) is 0 Å². The number of rotatable bonds is 11. The molecule has 11 heteroatoms. The third-order valence-corrected chi connectivity index (χ3v) is 8.47. The molecule has 2 aliphatic heterocycles. The molecule has 6 rings (SSSR count). The maximum atomic E-state index is 6.59. The summed E-state index contributed by atoms with van der Waals surface area (Å²) in [5.74, 6) is 0.493. The van der Waals surface area contributed by atoms with Gasteiger partial charge in [0.05, 0.1) is 18.7 Å². The van der Waals surface area contributed by atoms with Crippen molar-refractivity contribution >= 4 is 23.2 Å². The lowest BCUT2D eigenvalue weighted by molar-refractivity contribution is -0.190. The van der Waals surface area contributed by atoms with Gasteiger partial charge in [0, 0.05) is 42.8 Å². The lowest BCUT2D eigenvalue weighted by Gasteiger charge is -2.35. The molecule has 2 aliphatic rings. The number of nitrogens with one attached hydrogen (secondary N) is 1. The molecule has 3 unspecified atom stereocenters. The van der Waals surface area contributed by atoms with Gasteiger partial charge in [0.25, 0.3) is 0 Å². The molecule has 226 valence electrons. The second kappa shape index (κ2) is 13.6. The first kappa shape index (κ1) is 29.9. The molecule has 0 bridgehead atoms. The highest BCUT2D eigenvalue weighted by Gasteiger charge is 2.45. The van der Waals surface area contributed by atoms with Crippen LogP contribution in [0.15, 0.2) is 79.4 Å². The van der Waals surface area contributed by atoms with Crippen molar-refractivity contribution in [3.05, 3.63) is 106 Å². The van der Waals surface area contributed by atoms with Crippen LogP contribution in [0.25, 0.3) is 0 Å². The van der Waals surface area contributed by atoms with Crippen LogP contribution in [0, 0.1) is 0 Å². The molecule has 4 aromatic rings. The molecule has 0 aliphatic carbocycles. The third kappa shape index (κ3) is 7.15. The Balaban J connectivity index is 1.13. The molecule has 0 saturated carbocycles. The average Bonchev–Trinajstić information content (AvgIpc) is 3.70. The Morgan fingerprint density at radius 3 is 2.49 bits per heavy atom. The van der Waals surface area contributed by atoms with Gasteiger partial charge in [-0.05, 0) is 53.9 Å². The number of ether oxygens (including phenoxy) is 4. The summed E-state index contributed by atoms with van der Waals surface area (Å²) >= 11 is 12.7. The zero-order valence-electron chi connectivity index (χ0n) is 24.0. The fourth-order valence-corrected chi connectivity index (χ4v) is 6.25. The normalized spacial score (nSPS) is 21.5. The van der Waals surface area contributed by atoms with Gasteiger partial charge in [-0.25, -0.2) is 9.67 Å². The molecule has 0 spiro atoms. The van der Waals surface area contributed by atoms with Crippen LogP contribution in [0.4, 0.5) is 0 Å². The summed E-state index contributed by atoms with van der Waals surface area (Å²) in [5.41, 5.74) is 3.21. The monoisotopic (exact) mass is 623 g/mol. The molecule has 9 nitrogen and oxygen atoms in total. The van der Waals surface area contributed by atoms with E-state index in [2.05, 4.69) is 44.6 Å². The fraction of sp³-hybridized carbons (Fsp3) is 0.375. The van der Waals surface area contributed by atoms with E-state index in [0.717, 1.165) is 44.1 Å². The van der Waals surface area contributed by atoms with Crippen molar-refractivity contribution in [2.24, 2.45) is 0 Å². The van der Waals surface area contributed by atoms with Gasteiger partial charge in [-0.3, -0.25) is 4.90 Å². The van der Waals surface area contributed by atoms with Crippen molar-refractivity contribution in [1.82, 2.24) is 25.0 Å². The Hall–Kier alpha value is -3.18. The van der Waals surface area contributed by atoms with Gasteiger partial charge in [0.1, 0.15) is 43.4 Å². The van der Waals surface area contributed by atoms with E-state index in [0.29, 0.717) is 28.8 Å². The molecule has 3 heterocycles. The zero-order chi connectivity index (χ0) is 29.6. The molecule has 3 atom stereocenters. The Morgan fingerprint density at radius 1 is 1.02 bits per heavy atom.